The second-order valence-corrected chi connectivity index (χ2v) is 9.22. The van der Waals surface area contributed by atoms with Crippen LogP contribution in [0, 0.1) is 11.3 Å². The Morgan fingerprint density at radius 1 is 0.943 bits per heavy atom. The zero-order chi connectivity index (χ0) is 24.8. The first-order valence-electron chi connectivity index (χ1n) is 10.6. The maximum Gasteiger partial charge on any atom is 0.266 e. The van der Waals surface area contributed by atoms with Crippen molar-refractivity contribution in [2.24, 2.45) is 5.14 Å². The third-order valence-corrected chi connectivity index (χ3v) is 6.22. The zero-order valence-corrected chi connectivity index (χ0v) is 19.3. The summed E-state index contributed by atoms with van der Waals surface area (Å²) in [6.07, 6.45) is 1.45. The van der Waals surface area contributed by atoms with Crippen molar-refractivity contribution in [3.63, 3.8) is 0 Å². The summed E-state index contributed by atoms with van der Waals surface area (Å²) in [5, 5.41) is 19.5. The predicted octanol–water partition coefficient (Wildman–Crippen LogP) is 4.61. The molecular formula is C27H21N3O4S. The van der Waals surface area contributed by atoms with Gasteiger partial charge in [-0.1, -0.05) is 60.7 Å². The largest absolute Gasteiger partial charge is 0.488 e. The number of anilines is 1. The molecule has 4 rings (SSSR count). The average Bonchev–Trinajstić information content (AvgIpc) is 2.86. The van der Waals surface area contributed by atoms with Gasteiger partial charge >= 0.3 is 0 Å². The van der Waals surface area contributed by atoms with E-state index in [1.807, 2.05) is 54.6 Å². The van der Waals surface area contributed by atoms with Crippen molar-refractivity contribution in [1.29, 1.82) is 5.26 Å². The molecule has 0 aromatic heterocycles. The third-order valence-electron chi connectivity index (χ3n) is 5.29. The van der Waals surface area contributed by atoms with Gasteiger partial charge in [0.1, 0.15) is 24.0 Å². The highest BCUT2D eigenvalue weighted by molar-refractivity contribution is 7.89. The number of primary sulfonamides is 1. The molecule has 174 valence electrons. The van der Waals surface area contributed by atoms with Crippen LogP contribution in [-0.2, 0) is 21.4 Å². The highest BCUT2D eigenvalue weighted by Gasteiger charge is 2.13. The lowest BCUT2D eigenvalue weighted by Crippen LogP contribution is -2.14. The standard InChI is InChI=1S/C27H21N3O4S/c28-17-22(27(31)30-23-12-14-24(15-13-23)35(29,32)33)16-20-7-2-4-11-26(20)34-18-21-9-5-8-19-6-1-3-10-25(19)21/h1-16H,18H2,(H,30,31)(H2,29,32,33)/b22-16+. The van der Waals surface area contributed by atoms with E-state index in [-0.39, 0.29) is 10.5 Å². The fraction of sp³-hybridized carbons (Fsp3) is 0.0370. The number of nitriles is 1. The number of rotatable bonds is 7. The van der Waals surface area contributed by atoms with E-state index in [1.165, 1.54) is 30.3 Å². The van der Waals surface area contributed by atoms with Gasteiger partial charge in [0.25, 0.3) is 5.91 Å². The minimum Gasteiger partial charge on any atom is -0.488 e. The van der Waals surface area contributed by atoms with Crippen molar-refractivity contribution in [3.8, 4) is 11.8 Å². The number of nitrogens with zero attached hydrogens (tertiary/aromatic N) is 1. The monoisotopic (exact) mass is 483 g/mol. The van der Waals surface area contributed by atoms with Crippen LogP contribution in [0.5, 0.6) is 5.75 Å². The van der Waals surface area contributed by atoms with E-state index >= 15 is 0 Å². The normalized spacial score (nSPS) is 11.6. The summed E-state index contributed by atoms with van der Waals surface area (Å²) >= 11 is 0. The topological polar surface area (TPSA) is 122 Å². The highest BCUT2D eigenvalue weighted by Crippen LogP contribution is 2.25. The van der Waals surface area contributed by atoms with Crippen molar-refractivity contribution >= 4 is 38.5 Å². The number of ether oxygens (including phenoxy) is 1. The van der Waals surface area contributed by atoms with Crippen LogP contribution in [-0.4, -0.2) is 14.3 Å². The van der Waals surface area contributed by atoms with Gasteiger partial charge in [-0.05, 0) is 52.7 Å². The van der Waals surface area contributed by atoms with Crippen molar-refractivity contribution < 1.29 is 17.9 Å². The molecule has 1 amide bonds. The fourth-order valence-corrected chi connectivity index (χ4v) is 4.05. The number of carbonyl (C=O) groups excluding carboxylic acids is 1. The first kappa shape index (κ1) is 23.7. The Kier molecular flexibility index (Phi) is 6.92. The van der Waals surface area contributed by atoms with Crippen molar-refractivity contribution in [3.05, 3.63) is 108 Å². The highest BCUT2D eigenvalue weighted by atomic mass is 32.2. The molecule has 0 aliphatic carbocycles. The van der Waals surface area contributed by atoms with Crippen LogP contribution in [0.4, 0.5) is 5.69 Å². The van der Waals surface area contributed by atoms with Crippen LogP contribution in [0.15, 0.2) is 101 Å². The molecule has 0 fully saturated rings. The number of hydrogen-bond donors (Lipinski definition) is 2. The van der Waals surface area contributed by atoms with Crippen LogP contribution in [0.1, 0.15) is 11.1 Å². The van der Waals surface area contributed by atoms with Crippen molar-refractivity contribution in [2.75, 3.05) is 5.32 Å². The van der Waals surface area contributed by atoms with Gasteiger partial charge in [0.2, 0.25) is 10.0 Å². The Bertz CT molecular complexity index is 1570. The smallest absolute Gasteiger partial charge is 0.266 e. The molecule has 7 nitrogen and oxygen atoms in total. The number of hydrogen-bond acceptors (Lipinski definition) is 5. The number of carbonyl (C=O) groups is 1. The Hall–Kier alpha value is -4.45. The summed E-state index contributed by atoms with van der Waals surface area (Å²) in [5.74, 6) is -0.113. The molecule has 0 unspecified atom stereocenters. The van der Waals surface area contributed by atoms with E-state index in [0.29, 0.717) is 23.6 Å². The first-order valence-corrected chi connectivity index (χ1v) is 12.1. The molecule has 0 spiro atoms. The second kappa shape index (κ2) is 10.2. The molecule has 3 N–H and O–H groups in total. The van der Waals surface area contributed by atoms with E-state index in [2.05, 4.69) is 5.32 Å². The lowest BCUT2D eigenvalue weighted by Gasteiger charge is -2.12. The van der Waals surface area contributed by atoms with E-state index < -0.39 is 15.9 Å². The van der Waals surface area contributed by atoms with Crippen LogP contribution >= 0.6 is 0 Å². The number of para-hydroxylation sites is 1. The fourth-order valence-electron chi connectivity index (χ4n) is 3.54. The van der Waals surface area contributed by atoms with Crippen molar-refractivity contribution in [1.82, 2.24) is 0 Å². The Morgan fingerprint density at radius 2 is 1.63 bits per heavy atom. The summed E-state index contributed by atoms with van der Waals surface area (Å²) in [6, 6.07) is 28.4. The molecule has 4 aromatic rings. The van der Waals surface area contributed by atoms with Gasteiger partial charge in [-0.15, -0.1) is 0 Å². The molecule has 0 saturated carbocycles. The molecular weight excluding hydrogens is 462 g/mol. The summed E-state index contributed by atoms with van der Waals surface area (Å²) in [6.45, 7) is 0.316. The number of nitrogens with two attached hydrogens (primary N) is 1. The number of amides is 1. The Morgan fingerprint density at radius 3 is 2.37 bits per heavy atom. The van der Waals surface area contributed by atoms with E-state index in [9.17, 15) is 18.5 Å². The molecule has 0 bridgehead atoms. The Balaban J connectivity index is 1.53. The van der Waals surface area contributed by atoms with Gasteiger partial charge < -0.3 is 10.1 Å². The third kappa shape index (κ3) is 5.73. The minimum atomic E-state index is -3.84. The summed E-state index contributed by atoms with van der Waals surface area (Å²) in [5.41, 5.74) is 1.78. The van der Waals surface area contributed by atoms with Gasteiger partial charge in [0.15, 0.2) is 0 Å². The van der Waals surface area contributed by atoms with Gasteiger partial charge in [-0.25, -0.2) is 13.6 Å². The minimum absolute atomic E-state index is 0.0798. The van der Waals surface area contributed by atoms with Crippen LogP contribution in [0.2, 0.25) is 0 Å². The van der Waals surface area contributed by atoms with Gasteiger partial charge in [0.05, 0.1) is 4.90 Å². The Labute approximate surface area is 203 Å². The summed E-state index contributed by atoms with van der Waals surface area (Å²) < 4.78 is 28.8. The first-order chi connectivity index (χ1) is 16.8. The number of nitrogens with one attached hydrogen (secondary N) is 1. The summed E-state index contributed by atoms with van der Waals surface area (Å²) in [7, 11) is -3.84. The predicted molar refractivity (Wildman–Crippen MR) is 135 cm³/mol. The number of fused-ring (bicyclic) bond motifs is 1. The molecule has 0 heterocycles. The van der Waals surface area contributed by atoms with Gasteiger partial charge in [0, 0.05) is 11.3 Å². The van der Waals surface area contributed by atoms with E-state index in [4.69, 9.17) is 9.88 Å². The van der Waals surface area contributed by atoms with Crippen LogP contribution in [0.25, 0.3) is 16.8 Å². The van der Waals surface area contributed by atoms with Gasteiger partial charge in [-0.3, -0.25) is 4.79 Å². The molecule has 8 heteroatoms. The van der Waals surface area contributed by atoms with Gasteiger partial charge in [-0.2, -0.15) is 5.26 Å². The zero-order valence-electron chi connectivity index (χ0n) is 18.5. The SMILES string of the molecule is N#C/C(=C\c1ccccc1OCc1cccc2ccccc12)C(=O)Nc1ccc(S(N)(=O)=O)cc1. The van der Waals surface area contributed by atoms with Crippen LogP contribution in [0.3, 0.4) is 0 Å². The molecule has 35 heavy (non-hydrogen) atoms. The van der Waals surface area contributed by atoms with Crippen molar-refractivity contribution in [2.45, 2.75) is 11.5 Å². The number of benzene rings is 4. The van der Waals surface area contributed by atoms with Crippen LogP contribution < -0.4 is 15.2 Å². The molecule has 0 radical (unpaired) electrons. The molecule has 0 aliphatic heterocycles. The lowest BCUT2D eigenvalue weighted by molar-refractivity contribution is -0.112. The average molecular weight is 484 g/mol. The lowest BCUT2D eigenvalue weighted by atomic mass is 10.1. The summed E-state index contributed by atoms with van der Waals surface area (Å²) in [4.78, 5) is 12.6. The van der Waals surface area contributed by atoms with E-state index in [0.717, 1.165) is 16.3 Å². The molecule has 4 aromatic carbocycles. The maximum atomic E-state index is 12.7. The quantitative estimate of drug-likeness (QED) is 0.294. The van der Waals surface area contributed by atoms with E-state index in [1.54, 1.807) is 18.2 Å². The molecule has 0 aliphatic rings. The molecule has 0 saturated heterocycles. The number of sulfonamides is 1. The maximum absolute atomic E-state index is 12.7. The second-order valence-electron chi connectivity index (χ2n) is 7.66. The molecule has 0 atom stereocenters.